The molecule has 0 amide bonds. The number of nitrogens with one attached hydrogen (secondary N) is 5. The molecule has 1 unspecified atom stereocenters. The molecule has 35 heavy (non-hydrogen) atoms. The summed E-state index contributed by atoms with van der Waals surface area (Å²) in [6, 6.07) is 9.38. The van der Waals surface area contributed by atoms with Crippen LogP contribution in [-0.4, -0.2) is 31.3 Å². The molecule has 0 bridgehead atoms. The third-order valence-corrected chi connectivity index (χ3v) is 6.99. The van der Waals surface area contributed by atoms with Crippen LogP contribution in [0.3, 0.4) is 0 Å². The Morgan fingerprint density at radius 2 is 1.97 bits per heavy atom. The Morgan fingerprint density at radius 3 is 2.74 bits per heavy atom. The van der Waals surface area contributed by atoms with Crippen LogP contribution in [0.4, 0.5) is 0 Å². The number of hydrogen-bond donors (Lipinski definition) is 7. The summed E-state index contributed by atoms with van der Waals surface area (Å²) in [4.78, 5) is 27.0. The largest absolute Gasteiger partial charge is 0.506 e. The van der Waals surface area contributed by atoms with E-state index in [1.54, 1.807) is 24.7 Å². The number of fused-ring (bicyclic) bond motifs is 2. The Labute approximate surface area is 207 Å². The Morgan fingerprint density at radius 1 is 1.14 bits per heavy atom. The molecule has 4 heterocycles. The maximum Gasteiger partial charge on any atom is 0.275 e. The van der Waals surface area contributed by atoms with Gasteiger partial charge in [-0.3, -0.25) is 10.5 Å². The Hall–Kier alpha value is -4.02. The SMILES string of the molecule is C[C@@H](C1=CNC(N)N1)c1ccc(O)c2[nH]cc(-c3cnc(-c4c[nH]c5cc(Br)ccc45)c(=O)[nH]3)c12. The minimum Gasteiger partial charge on any atom is -0.506 e. The van der Waals surface area contributed by atoms with E-state index in [1.165, 1.54) is 0 Å². The molecule has 9 nitrogen and oxygen atoms in total. The van der Waals surface area contributed by atoms with Crippen molar-refractivity contribution in [3.05, 3.63) is 81.2 Å². The first-order valence-corrected chi connectivity index (χ1v) is 11.9. The van der Waals surface area contributed by atoms with Crippen LogP contribution in [0.25, 0.3) is 44.3 Å². The third-order valence-electron chi connectivity index (χ3n) is 6.49. The molecule has 3 aromatic heterocycles. The fourth-order valence-corrected chi connectivity index (χ4v) is 5.08. The first-order chi connectivity index (χ1) is 16.9. The summed E-state index contributed by atoms with van der Waals surface area (Å²) in [5.41, 5.74) is 11.4. The minimum atomic E-state index is -0.343. The third kappa shape index (κ3) is 3.49. The number of nitrogens with two attached hydrogens (primary N) is 1. The van der Waals surface area contributed by atoms with Crippen molar-refractivity contribution in [2.24, 2.45) is 5.73 Å². The van der Waals surface area contributed by atoms with Crippen molar-refractivity contribution in [3.8, 4) is 28.3 Å². The summed E-state index contributed by atoms with van der Waals surface area (Å²) in [6.07, 6.45) is 6.73. The van der Waals surface area contributed by atoms with E-state index >= 15 is 0 Å². The predicted molar refractivity (Wildman–Crippen MR) is 140 cm³/mol. The monoisotopic (exact) mass is 531 g/mol. The number of rotatable bonds is 4. The van der Waals surface area contributed by atoms with E-state index in [4.69, 9.17) is 5.73 Å². The fraction of sp³-hybridized carbons (Fsp3) is 0.120. The lowest BCUT2D eigenvalue weighted by Gasteiger charge is -2.17. The van der Waals surface area contributed by atoms with Gasteiger partial charge in [0.15, 0.2) is 0 Å². The molecule has 0 aliphatic carbocycles. The highest BCUT2D eigenvalue weighted by Crippen LogP contribution is 2.39. The summed E-state index contributed by atoms with van der Waals surface area (Å²) in [5.74, 6) is 0.0838. The van der Waals surface area contributed by atoms with E-state index in [1.807, 2.05) is 30.5 Å². The van der Waals surface area contributed by atoms with Crippen molar-refractivity contribution in [3.63, 3.8) is 0 Å². The van der Waals surface area contributed by atoms with Gasteiger partial charge in [-0.1, -0.05) is 35.0 Å². The Balaban J connectivity index is 1.47. The molecule has 176 valence electrons. The van der Waals surface area contributed by atoms with Crippen LogP contribution in [-0.2, 0) is 0 Å². The lowest BCUT2D eigenvalue weighted by Crippen LogP contribution is -2.41. The second kappa shape index (κ2) is 8.03. The van der Waals surface area contributed by atoms with E-state index in [0.29, 0.717) is 16.9 Å². The van der Waals surface area contributed by atoms with Gasteiger partial charge in [0.05, 0.1) is 17.4 Å². The van der Waals surface area contributed by atoms with Crippen molar-refractivity contribution >= 4 is 37.7 Å². The summed E-state index contributed by atoms with van der Waals surface area (Å²) in [7, 11) is 0. The van der Waals surface area contributed by atoms with Gasteiger partial charge in [-0.25, -0.2) is 4.98 Å². The number of aromatic hydroxyl groups is 1. The van der Waals surface area contributed by atoms with Crippen molar-refractivity contribution in [2.45, 2.75) is 19.1 Å². The second-order valence-corrected chi connectivity index (χ2v) is 9.52. The topological polar surface area (TPSA) is 148 Å². The first-order valence-electron chi connectivity index (χ1n) is 11.1. The highest BCUT2D eigenvalue weighted by Gasteiger charge is 2.23. The van der Waals surface area contributed by atoms with Gasteiger partial charge >= 0.3 is 0 Å². The van der Waals surface area contributed by atoms with Crippen LogP contribution in [0.5, 0.6) is 5.75 Å². The molecule has 10 heteroatoms. The number of allylic oxidation sites excluding steroid dienone is 1. The van der Waals surface area contributed by atoms with Crippen LogP contribution in [0.15, 0.2) is 70.1 Å². The number of phenols is 1. The summed E-state index contributed by atoms with van der Waals surface area (Å²) in [5, 5.41) is 18.5. The highest BCUT2D eigenvalue weighted by molar-refractivity contribution is 9.10. The van der Waals surface area contributed by atoms with Crippen molar-refractivity contribution in [1.82, 2.24) is 30.6 Å². The van der Waals surface area contributed by atoms with Crippen molar-refractivity contribution in [1.29, 1.82) is 0 Å². The number of aromatic amines is 3. The molecule has 0 saturated carbocycles. The molecule has 1 aliphatic heterocycles. The maximum atomic E-state index is 13.2. The molecular weight excluding hydrogens is 510 g/mol. The molecule has 8 N–H and O–H groups in total. The molecule has 0 spiro atoms. The van der Waals surface area contributed by atoms with E-state index < -0.39 is 0 Å². The zero-order chi connectivity index (χ0) is 24.3. The normalized spacial score (nSPS) is 16.3. The fourth-order valence-electron chi connectivity index (χ4n) is 4.72. The lowest BCUT2D eigenvalue weighted by atomic mass is 9.92. The zero-order valence-electron chi connectivity index (χ0n) is 18.6. The van der Waals surface area contributed by atoms with Gasteiger partial charge in [-0.15, -0.1) is 0 Å². The van der Waals surface area contributed by atoms with Gasteiger partial charge in [0.25, 0.3) is 5.56 Å². The van der Waals surface area contributed by atoms with Gasteiger partial charge in [0, 0.05) is 62.1 Å². The maximum absolute atomic E-state index is 13.2. The van der Waals surface area contributed by atoms with Gasteiger partial charge in [0.1, 0.15) is 17.7 Å². The predicted octanol–water partition coefficient (Wildman–Crippen LogP) is 3.91. The molecule has 2 atom stereocenters. The summed E-state index contributed by atoms with van der Waals surface area (Å²) >= 11 is 3.47. The Bertz CT molecular complexity index is 1700. The van der Waals surface area contributed by atoms with Crippen LogP contribution >= 0.6 is 15.9 Å². The van der Waals surface area contributed by atoms with Gasteiger partial charge in [-0.2, -0.15) is 0 Å². The molecule has 0 saturated heterocycles. The van der Waals surface area contributed by atoms with Crippen LogP contribution < -0.4 is 21.9 Å². The van der Waals surface area contributed by atoms with E-state index in [9.17, 15) is 9.90 Å². The summed E-state index contributed by atoms with van der Waals surface area (Å²) < 4.78 is 0.949. The molecule has 6 rings (SSSR count). The average Bonchev–Trinajstić information content (AvgIpc) is 3.57. The van der Waals surface area contributed by atoms with Crippen molar-refractivity contribution < 1.29 is 5.11 Å². The zero-order valence-corrected chi connectivity index (χ0v) is 20.2. The number of benzene rings is 2. The highest BCUT2D eigenvalue weighted by atomic mass is 79.9. The number of H-pyrrole nitrogens is 3. The standard InChI is InChI=1S/C25H22BrN7O2/c1-11(18-9-31-25(27)33-18)13-4-5-20(34)23-21(13)16(8-29-23)19-10-30-22(24(35)32-19)15-7-28-17-6-12(26)2-3-14(15)17/h2-11,25,28-29,31,33-34H,27H2,1H3,(H,32,35)/t11-,25?/m1/s1. The van der Waals surface area contributed by atoms with Crippen LogP contribution in [0.1, 0.15) is 18.4 Å². The number of aromatic nitrogens is 4. The molecule has 2 aromatic carbocycles. The van der Waals surface area contributed by atoms with Gasteiger partial charge < -0.3 is 30.7 Å². The number of phenolic OH excluding ortho intramolecular Hbond substituents is 1. The summed E-state index contributed by atoms with van der Waals surface area (Å²) in [6.45, 7) is 2.06. The second-order valence-electron chi connectivity index (χ2n) is 8.60. The minimum absolute atomic E-state index is 0.0433. The van der Waals surface area contributed by atoms with Crippen LogP contribution in [0.2, 0.25) is 0 Å². The van der Waals surface area contributed by atoms with Gasteiger partial charge in [-0.05, 0) is 23.8 Å². The number of nitrogens with zero attached hydrogens (tertiary/aromatic N) is 1. The van der Waals surface area contributed by atoms with E-state index in [2.05, 4.69) is 53.4 Å². The quantitative estimate of drug-likeness (QED) is 0.187. The van der Waals surface area contributed by atoms with Crippen LogP contribution in [0, 0.1) is 0 Å². The molecular formula is C25H22BrN7O2. The molecule has 5 aromatic rings. The van der Waals surface area contributed by atoms with Gasteiger partial charge in [0.2, 0.25) is 0 Å². The molecule has 1 aliphatic rings. The number of halogens is 1. The molecule has 0 fully saturated rings. The number of hydrogen-bond acceptors (Lipinski definition) is 6. The smallest absolute Gasteiger partial charge is 0.275 e. The van der Waals surface area contributed by atoms with E-state index in [-0.39, 0.29) is 23.5 Å². The molecule has 0 radical (unpaired) electrons. The van der Waals surface area contributed by atoms with Crippen molar-refractivity contribution in [2.75, 3.05) is 0 Å². The Kier molecular flexibility index (Phi) is 4.94. The lowest BCUT2D eigenvalue weighted by molar-refractivity contribution is 0.480. The van der Waals surface area contributed by atoms with E-state index in [0.717, 1.165) is 43.1 Å². The first kappa shape index (κ1) is 21.5. The average molecular weight is 532 g/mol.